The van der Waals surface area contributed by atoms with Gasteiger partial charge >= 0.3 is 0 Å². The predicted octanol–water partition coefficient (Wildman–Crippen LogP) is 5.92. The van der Waals surface area contributed by atoms with E-state index in [4.69, 9.17) is 4.74 Å². The zero-order valence-electron chi connectivity index (χ0n) is 20.0. The van der Waals surface area contributed by atoms with E-state index in [1.807, 2.05) is 70.2 Å². The maximum Gasteiger partial charge on any atom is 0.229 e. The van der Waals surface area contributed by atoms with Gasteiger partial charge in [-0.25, -0.2) is 4.98 Å². The van der Waals surface area contributed by atoms with Gasteiger partial charge in [-0.1, -0.05) is 32.0 Å². The summed E-state index contributed by atoms with van der Waals surface area (Å²) in [6.45, 7) is 4.00. The van der Waals surface area contributed by atoms with Gasteiger partial charge in [-0.05, 0) is 51.5 Å². The van der Waals surface area contributed by atoms with Crippen LogP contribution < -0.4 is 15.4 Å². The molecular formula is C25H36N6O2. The molecule has 0 atom stereocenters. The van der Waals surface area contributed by atoms with Crippen molar-refractivity contribution in [3.63, 3.8) is 0 Å². The Morgan fingerprint density at radius 1 is 0.909 bits per heavy atom. The number of phenols is 1. The minimum Gasteiger partial charge on any atom is -0.504 e. The molecule has 0 aliphatic heterocycles. The van der Waals surface area contributed by atoms with E-state index >= 15 is 0 Å². The van der Waals surface area contributed by atoms with Crippen molar-refractivity contribution in [2.45, 2.75) is 13.8 Å². The molecule has 0 saturated carbocycles. The summed E-state index contributed by atoms with van der Waals surface area (Å²) in [7, 11) is 7.50. The number of aromatic nitrogens is 3. The van der Waals surface area contributed by atoms with Crippen LogP contribution in [-0.4, -0.2) is 53.2 Å². The van der Waals surface area contributed by atoms with Crippen LogP contribution >= 0.6 is 0 Å². The molecule has 8 nitrogen and oxygen atoms in total. The lowest BCUT2D eigenvalue weighted by molar-refractivity contribution is 0.374. The molecule has 0 aliphatic carbocycles. The van der Waals surface area contributed by atoms with Gasteiger partial charge in [0.05, 0.1) is 24.5 Å². The Morgan fingerprint density at radius 2 is 1.64 bits per heavy atom. The van der Waals surface area contributed by atoms with Crippen molar-refractivity contribution < 1.29 is 12.7 Å². The number of aromatic hydroxyl groups is 1. The lowest BCUT2D eigenvalue weighted by Gasteiger charge is -2.10. The fraction of sp³-hybridized carbons (Fsp3) is 0.240. The molecule has 4 rings (SSSR count). The topological polar surface area (TPSA) is 95.4 Å². The fourth-order valence-electron chi connectivity index (χ4n) is 2.66. The van der Waals surface area contributed by atoms with Crippen molar-refractivity contribution in [3.8, 4) is 11.5 Å². The fourth-order valence-corrected chi connectivity index (χ4v) is 2.66. The van der Waals surface area contributed by atoms with Crippen LogP contribution in [0.1, 0.15) is 16.7 Å². The van der Waals surface area contributed by atoms with E-state index in [1.54, 1.807) is 36.7 Å². The molecule has 2 heterocycles. The number of methoxy groups -OCH3 is 1. The molecule has 8 heteroatoms. The number of nitrogens with zero attached hydrogens (tertiary/aromatic N) is 4. The van der Waals surface area contributed by atoms with Crippen LogP contribution in [0.4, 0.5) is 23.1 Å². The van der Waals surface area contributed by atoms with Gasteiger partial charge in [0.1, 0.15) is 5.82 Å². The van der Waals surface area contributed by atoms with Crippen LogP contribution in [0.25, 0.3) is 10.9 Å². The molecule has 0 radical (unpaired) electrons. The average molecular weight is 453 g/mol. The van der Waals surface area contributed by atoms with Crippen molar-refractivity contribution in [1.82, 2.24) is 19.9 Å². The highest BCUT2D eigenvalue weighted by atomic mass is 16.5. The molecule has 0 aliphatic rings. The number of ether oxygens (including phenoxy) is 1. The summed E-state index contributed by atoms with van der Waals surface area (Å²) in [4.78, 5) is 15.1. The van der Waals surface area contributed by atoms with Gasteiger partial charge in [0, 0.05) is 26.2 Å². The van der Waals surface area contributed by atoms with Gasteiger partial charge in [-0.2, -0.15) is 4.98 Å². The van der Waals surface area contributed by atoms with Crippen LogP contribution in [0, 0.1) is 0 Å². The molecule has 2 aromatic heterocycles. The average Bonchev–Trinajstić information content (AvgIpc) is 2.81. The van der Waals surface area contributed by atoms with Gasteiger partial charge in [0.25, 0.3) is 0 Å². The number of pyridine rings is 1. The molecule has 0 saturated heterocycles. The minimum absolute atomic E-state index is 0. The summed E-state index contributed by atoms with van der Waals surface area (Å²) < 4.78 is 5.11. The third-order valence-electron chi connectivity index (χ3n) is 3.95. The van der Waals surface area contributed by atoms with Crippen molar-refractivity contribution >= 4 is 34.0 Å². The lowest BCUT2D eigenvalue weighted by atomic mass is 10.2. The Hall–Kier alpha value is -3.91. The van der Waals surface area contributed by atoms with E-state index in [-0.39, 0.29) is 8.60 Å². The molecule has 3 N–H and O–H groups in total. The van der Waals surface area contributed by atoms with Crippen molar-refractivity contribution in [3.05, 3.63) is 67.0 Å². The number of para-hydroxylation sites is 1. The van der Waals surface area contributed by atoms with E-state index in [1.165, 1.54) is 7.11 Å². The van der Waals surface area contributed by atoms with Gasteiger partial charge < -0.3 is 25.4 Å². The van der Waals surface area contributed by atoms with E-state index in [2.05, 4.69) is 25.6 Å². The Balaban J connectivity index is 0.00000132. The zero-order valence-corrected chi connectivity index (χ0v) is 20.0. The highest BCUT2D eigenvalue weighted by Crippen LogP contribution is 2.29. The second kappa shape index (κ2) is 12.8. The van der Waals surface area contributed by atoms with Crippen LogP contribution in [-0.2, 0) is 0 Å². The Morgan fingerprint density at radius 3 is 2.36 bits per heavy atom. The number of anilines is 4. The van der Waals surface area contributed by atoms with E-state index < -0.39 is 0 Å². The first kappa shape index (κ1) is 25.4. The first-order valence-corrected chi connectivity index (χ1v) is 10.6. The van der Waals surface area contributed by atoms with Gasteiger partial charge in [0.15, 0.2) is 11.5 Å². The molecule has 2 aromatic carbocycles. The number of benzene rings is 2. The Labute approximate surface area is 198 Å². The van der Waals surface area contributed by atoms with E-state index in [9.17, 15) is 5.11 Å². The lowest BCUT2D eigenvalue weighted by Crippen LogP contribution is -2.01. The molecule has 0 amide bonds. The monoisotopic (exact) mass is 452 g/mol. The third kappa shape index (κ3) is 7.93. The molecule has 178 valence electrons. The van der Waals surface area contributed by atoms with Crippen LogP contribution in [0.5, 0.6) is 11.5 Å². The van der Waals surface area contributed by atoms with Crippen molar-refractivity contribution in [1.29, 1.82) is 0 Å². The van der Waals surface area contributed by atoms with E-state index in [0.717, 1.165) is 16.6 Å². The summed E-state index contributed by atoms with van der Waals surface area (Å²) in [6.07, 6.45) is 3.42. The van der Waals surface area contributed by atoms with Crippen molar-refractivity contribution in [2.75, 3.05) is 38.9 Å². The molecule has 33 heavy (non-hydrogen) atoms. The largest absolute Gasteiger partial charge is 0.504 e. The molecular weight excluding hydrogens is 416 g/mol. The highest BCUT2D eigenvalue weighted by molar-refractivity contribution is 5.82. The van der Waals surface area contributed by atoms with Crippen LogP contribution in [0.2, 0.25) is 0 Å². The summed E-state index contributed by atoms with van der Waals surface area (Å²) in [6, 6.07) is 16.6. The molecule has 0 bridgehead atoms. The van der Waals surface area contributed by atoms with E-state index in [0.29, 0.717) is 23.2 Å². The van der Waals surface area contributed by atoms with Gasteiger partial charge in [-0.15, -0.1) is 0 Å². The predicted molar refractivity (Wildman–Crippen MR) is 140 cm³/mol. The minimum atomic E-state index is 0. The maximum absolute atomic E-state index is 9.68. The first-order chi connectivity index (χ1) is 15.9. The van der Waals surface area contributed by atoms with Gasteiger partial charge in [-0.3, -0.25) is 4.98 Å². The van der Waals surface area contributed by atoms with Crippen LogP contribution in [0.3, 0.4) is 0 Å². The SMILES string of the molecule is CC.CN(C)C.COc1cc(Nc2nccc(Nc3cnc4ccccc4c3)n2)ccc1O.[HH].[HH]. The Bertz CT molecular complexity index is 1160. The number of fused-ring (bicyclic) bond motifs is 1. The quantitative estimate of drug-likeness (QED) is 0.321. The first-order valence-electron chi connectivity index (χ1n) is 10.6. The Kier molecular flexibility index (Phi) is 9.85. The summed E-state index contributed by atoms with van der Waals surface area (Å²) >= 11 is 0. The normalized spacial score (nSPS) is 9.91. The maximum atomic E-state index is 9.68. The number of hydrogen-bond donors (Lipinski definition) is 3. The molecule has 0 unspecified atom stereocenters. The highest BCUT2D eigenvalue weighted by Gasteiger charge is 2.06. The number of hydrogen-bond acceptors (Lipinski definition) is 8. The van der Waals surface area contributed by atoms with Crippen LogP contribution in [0.15, 0.2) is 67.0 Å². The van der Waals surface area contributed by atoms with Crippen molar-refractivity contribution in [2.24, 2.45) is 0 Å². The van der Waals surface area contributed by atoms with Gasteiger partial charge in [0.2, 0.25) is 5.95 Å². The number of rotatable bonds is 5. The second-order valence-electron chi connectivity index (χ2n) is 7.16. The smallest absolute Gasteiger partial charge is 0.229 e. The standard InChI is InChI=1S/C20H17N5O2.C3H9N.C2H6.2H2/c1-27-18-11-14(6-7-17(18)26)24-20-21-9-8-19(25-20)23-15-10-13-4-2-3-5-16(13)22-12-15;1-4(2)3;1-2;;/h2-12,26H,1H3,(H2,21,23,24,25);1-3H3;1-2H3;2*1H. The molecule has 4 aromatic rings. The zero-order chi connectivity index (χ0) is 24.2. The number of phenolic OH excluding ortho intramolecular Hbond substituents is 1. The summed E-state index contributed by atoms with van der Waals surface area (Å²) in [5.74, 6) is 1.50. The third-order valence-corrected chi connectivity index (χ3v) is 3.95. The molecule has 0 fully saturated rings. The second-order valence-corrected chi connectivity index (χ2v) is 7.16. The summed E-state index contributed by atoms with van der Waals surface area (Å²) in [5, 5.41) is 17.1. The summed E-state index contributed by atoms with van der Waals surface area (Å²) in [5.41, 5.74) is 2.48. The number of nitrogens with one attached hydrogen (secondary N) is 2. The molecule has 0 spiro atoms.